The Kier molecular flexibility index (Phi) is 18.7. The molecule has 0 aromatic heterocycles. The second-order valence-electron chi connectivity index (χ2n) is 1.29. The molecule has 8 heavy (non-hydrogen) atoms. The van der Waals surface area contributed by atoms with E-state index in [1.54, 1.807) is 6.92 Å². The summed E-state index contributed by atoms with van der Waals surface area (Å²) in [4.78, 5) is 10.1. The molecule has 0 aliphatic heterocycles. The molecular weight excluding hydrogens is 142 g/mol. The average molecular weight is 152 g/mol. The van der Waals surface area contributed by atoms with E-state index in [9.17, 15) is 4.79 Å². The van der Waals surface area contributed by atoms with E-state index in [2.05, 4.69) is 12.6 Å². The number of thiol groups is 1. The van der Waals surface area contributed by atoms with Gasteiger partial charge in [-0.1, -0.05) is 0 Å². The summed E-state index contributed by atoms with van der Waals surface area (Å²) >= 11 is 3.84. The Labute approximate surface area is 103 Å². The number of ketones is 1. The second kappa shape index (κ2) is 9.02. The smallest absolute Gasteiger partial charge is 1.00 e. The minimum atomic E-state index is -0.0926. The minimum Gasteiger partial charge on any atom is -1.00 e. The summed E-state index contributed by atoms with van der Waals surface area (Å²) in [6.07, 6.45) is 0. The van der Waals surface area contributed by atoms with Gasteiger partial charge >= 0.3 is 59.1 Å². The zero-order valence-electron chi connectivity index (χ0n) is 7.93. The molecule has 0 aliphatic carbocycles. The average Bonchev–Trinajstić information content (AvgIpc) is 1.36. The van der Waals surface area contributed by atoms with Crippen molar-refractivity contribution >= 4 is 18.4 Å². The van der Waals surface area contributed by atoms with Crippen LogP contribution in [0, 0.1) is 0 Å². The molecule has 0 radical (unpaired) electrons. The van der Waals surface area contributed by atoms with Crippen LogP contribution in [0.4, 0.5) is 0 Å². The largest absolute Gasteiger partial charge is 1.00 e. The Morgan fingerprint density at radius 1 is 1.62 bits per heavy atom. The third-order valence-electron chi connectivity index (χ3n) is 0.588. The maximum atomic E-state index is 10.1. The van der Waals surface area contributed by atoms with Crippen molar-refractivity contribution in [3.05, 3.63) is 0 Å². The zero-order valence-corrected chi connectivity index (χ0v) is 10.8. The van der Waals surface area contributed by atoms with Crippen LogP contribution in [0.2, 0.25) is 0 Å². The van der Waals surface area contributed by atoms with Crippen LogP contribution in [-0.2, 0) is 4.79 Å². The van der Waals surface area contributed by atoms with Crippen LogP contribution in [0.25, 0.3) is 0 Å². The van der Waals surface area contributed by atoms with Crippen molar-refractivity contribution in [3.63, 3.8) is 0 Å². The summed E-state index contributed by atoms with van der Waals surface area (Å²) in [5.41, 5.74) is 0. The molecule has 0 saturated heterocycles. The maximum Gasteiger partial charge on any atom is 1.00 e. The van der Waals surface area contributed by atoms with Gasteiger partial charge < -0.3 is 2.85 Å². The predicted molar refractivity (Wildman–Crippen MR) is 31.4 cm³/mol. The normalized spacial score (nSPS) is 10.4. The molecule has 0 amide bonds. The van der Waals surface area contributed by atoms with Crippen molar-refractivity contribution in [3.8, 4) is 0 Å². The molecule has 1 nitrogen and oxygen atoms in total. The Balaban J connectivity index is -0.0000000208. The fourth-order valence-corrected chi connectivity index (χ4v) is 0. The van der Waals surface area contributed by atoms with E-state index in [0.717, 1.165) is 0 Å². The third kappa shape index (κ3) is 10.9. The Bertz CT molecular complexity index is 72.3. The maximum absolute atomic E-state index is 10.1. The zero-order chi connectivity index (χ0) is 5.15. The van der Waals surface area contributed by atoms with E-state index in [4.69, 9.17) is 0 Å². The summed E-state index contributed by atoms with van der Waals surface area (Å²) in [7, 11) is 0. The molecule has 0 heterocycles. The molecule has 0 saturated carbocycles. The van der Waals surface area contributed by atoms with Crippen LogP contribution in [0.3, 0.4) is 0 Å². The van der Waals surface area contributed by atoms with Gasteiger partial charge in [0, 0.05) is 0 Å². The van der Waals surface area contributed by atoms with Crippen LogP contribution >= 0.6 is 12.6 Å². The molecule has 0 N–H and O–H groups in total. The molecule has 0 fully saturated rings. The van der Waals surface area contributed by atoms with Gasteiger partial charge in [-0.25, -0.2) is 0 Å². The number of carbonyl (C=O) groups excluding carboxylic acids is 1. The van der Waals surface area contributed by atoms with Gasteiger partial charge in [0.2, 0.25) is 0 Å². The standard InChI is InChI=1S/C4H8OS.2Na.2H/c1-3(5)4(2)6;;;;/h4,6H,1-2H3;;;;/q;2*+1;2*-1. The van der Waals surface area contributed by atoms with Crippen molar-refractivity contribution in [2.75, 3.05) is 0 Å². The van der Waals surface area contributed by atoms with Crippen LogP contribution in [0.5, 0.6) is 0 Å². The SMILES string of the molecule is CC(=O)C(C)S.[H-].[H-].[Na+].[Na+]. The van der Waals surface area contributed by atoms with Crippen LogP contribution < -0.4 is 59.1 Å². The van der Waals surface area contributed by atoms with Gasteiger partial charge in [-0.05, 0) is 13.8 Å². The Hall–Kier alpha value is 2.02. The van der Waals surface area contributed by atoms with Gasteiger partial charge in [0.15, 0.2) is 0 Å². The first kappa shape index (κ1) is 16.5. The van der Waals surface area contributed by atoms with Gasteiger partial charge in [-0.2, -0.15) is 12.6 Å². The number of Topliss-reactive ketones (excluding diaryl/α,β-unsaturated/α-hetero) is 1. The summed E-state index contributed by atoms with van der Waals surface area (Å²) < 4.78 is 0. The molecule has 1 atom stereocenters. The van der Waals surface area contributed by atoms with Crippen molar-refractivity contribution in [1.29, 1.82) is 0 Å². The first-order chi connectivity index (χ1) is 2.64. The Morgan fingerprint density at radius 2 is 1.75 bits per heavy atom. The van der Waals surface area contributed by atoms with Crippen molar-refractivity contribution in [2.45, 2.75) is 19.1 Å². The number of hydrogen-bond donors (Lipinski definition) is 1. The minimum absolute atomic E-state index is 0. The van der Waals surface area contributed by atoms with Crippen molar-refractivity contribution in [2.24, 2.45) is 0 Å². The van der Waals surface area contributed by atoms with E-state index in [-0.39, 0.29) is 73.0 Å². The molecule has 0 bridgehead atoms. The van der Waals surface area contributed by atoms with Crippen molar-refractivity contribution in [1.82, 2.24) is 0 Å². The Morgan fingerprint density at radius 3 is 1.75 bits per heavy atom. The molecule has 0 aliphatic rings. The fourth-order valence-electron chi connectivity index (χ4n) is 0. The predicted octanol–water partition coefficient (Wildman–Crippen LogP) is -4.87. The van der Waals surface area contributed by atoms with E-state index >= 15 is 0 Å². The van der Waals surface area contributed by atoms with Crippen LogP contribution in [0.1, 0.15) is 16.7 Å². The number of rotatable bonds is 1. The molecule has 1 unspecified atom stereocenters. The molecule has 40 valence electrons. The van der Waals surface area contributed by atoms with Gasteiger partial charge in [-0.3, -0.25) is 4.79 Å². The van der Waals surface area contributed by atoms with Crippen LogP contribution in [0.15, 0.2) is 0 Å². The molecule has 0 aromatic rings. The summed E-state index contributed by atoms with van der Waals surface area (Å²) in [5, 5.41) is -0.0926. The van der Waals surface area contributed by atoms with E-state index in [1.165, 1.54) is 6.92 Å². The van der Waals surface area contributed by atoms with Crippen LogP contribution in [-0.4, -0.2) is 11.0 Å². The molecule has 0 rings (SSSR count). The molecule has 4 heteroatoms. The quantitative estimate of drug-likeness (QED) is 0.294. The fraction of sp³-hybridized carbons (Fsp3) is 0.750. The summed E-state index contributed by atoms with van der Waals surface area (Å²) in [5.74, 6) is 0.123. The molecule has 0 aromatic carbocycles. The topological polar surface area (TPSA) is 17.1 Å². The monoisotopic (exact) mass is 152 g/mol. The van der Waals surface area contributed by atoms with Gasteiger partial charge in [-0.15, -0.1) is 0 Å². The van der Waals surface area contributed by atoms with Crippen molar-refractivity contribution < 1.29 is 66.8 Å². The van der Waals surface area contributed by atoms with E-state index < -0.39 is 0 Å². The van der Waals surface area contributed by atoms with Gasteiger partial charge in [0.05, 0.1) is 5.25 Å². The molecule has 0 spiro atoms. The third-order valence-corrected chi connectivity index (χ3v) is 0.952. The summed E-state index contributed by atoms with van der Waals surface area (Å²) in [6, 6.07) is 0. The van der Waals surface area contributed by atoms with E-state index in [1.807, 2.05) is 0 Å². The van der Waals surface area contributed by atoms with E-state index in [0.29, 0.717) is 0 Å². The van der Waals surface area contributed by atoms with Gasteiger partial charge in [0.25, 0.3) is 0 Å². The summed E-state index contributed by atoms with van der Waals surface area (Å²) in [6.45, 7) is 3.28. The number of carbonyl (C=O) groups is 1. The first-order valence-corrected chi connectivity index (χ1v) is 2.34. The second-order valence-corrected chi connectivity index (χ2v) is 2.06. The van der Waals surface area contributed by atoms with Gasteiger partial charge in [0.1, 0.15) is 5.78 Å². The molecular formula is C4H10Na2OS. The first-order valence-electron chi connectivity index (χ1n) is 1.83. The number of hydrogen-bond acceptors (Lipinski definition) is 2.